The zero-order chi connectivity index (χ0) is 18.6. The van der Waals surface area contributed by atoms with Gasteiger partial charge in [0.05, 0.1) is 26.1 Å². The minimum atomic E-state index is -0.148. The molecule has 2 fully saturated rings. The lowest BCUT2D eigenvalue weighted by molar-refractivity contribution is -0.139. The van der Waals surface area contributed by atoms with Gasteiger partial charge in [-0.15, -0.1) is 0 Å². The second-order valence-electron chi connectivity index (χ2n) is 7.05. The summed E-state index contributed by atoms with van der Waals surface area (Å²) in [5, 5.41) is 0. The molecule has 1 aromatic heterocycles. The van der Waals surface area contributed by atoms with E-state index in [0.29, 0.717) is 38.4 Å². The summed E-state index contributed by atoms with van der Waals surface area (Å²) in [7, 11) is 3.19. The Morgan fingerprint density at radius 1 is 1.19 bits per heavy atom. The van der Waals surface area contributed by atoms with Crippen LogP contribution in [0.2, 0.25) is 0 Å². The largest absolute Gasteiger partial charge is 0.494 e. The Morgan fingerprint density at radius 2 is 1.88 bits per heavy atom. The highest BCUT2D eigenvalue weighted by atomic mass is 16.5. The molecular weight excluding hydrogens is 336 g/mol. The normalized spacial score (nSPS) is 19.7. The summed E-state index contributed by atoms with van der Waals surface area (Å²) in [6, 6.07) is 0. The molecule has 0 radical (unpaired) electrons. The van der Waals surface area contributed by atoms with Crippen LogP contribution in [0.5, 0.6) is 5.75 Å². The van der Waals surface area contributed by atoms with Gasteiger partial charge in [0.2, 0.25) is 11.7 Å². The molecule has 3 rings (SSSR count). The second-order valence-corrected chi connectivity index (χ2v) is 7.05. The van der Waals surface area contributed by atoms with Gasteiger partial charge < -0.3 is 19.3 Å². The molecular formula is C18H26N4O4. The van der Waals surface area contributed by atoms with E-state index in [2.05, 4.69) is 9.97 Å². The van der Waals surface area contributed by atoms with E-state index in [1.807, 2.05) is 9.80 Å². The van der Waals surface area contributed by atoms with Crippen LogP contribution in [0.15, 0.2) is 12.4 Å². The number of hydrogen-bond donors (Lipinski definition) is 0. The van der Waals surface area contributed by atoms with Crippen molar-refractivity contribution >= 4 is 11.8 Å². The van der Waals surface area contributed by atoms with Gasteiger partial charge in [-0.1, -0.05) is 0 Å². The number of hydrogen-bond acceptors (Lipinski definition) is 6. The van der Waals surface area contributed by atoms with Crippen LogP contribution in [-0.2, 0) is 9.53 Å². The van der Waals surface area contributed by atoms with E-state index in [1.54, 1.807) is 7.11 Å². The number of amides is 2. The van der Waals surface area contributed by atoms with E-state index < -0.39 is 0 Å². The third kappa shape index (κ3) is 3.95. The Balaban J connectivity index is 1.59. The third-order valence-corrected chi connectivity index (χ3v) is 5.48. The topological polar surface area (TPSA) is 84.9 Å². The number of aromatic nitrogens is 2. The molecule has 0 unspecified atom stereocenters. The highest BCUT2D eigenvalue weighted by molar-refractivity contribution is 5.90. The Bertz CT molecular complexity index is 641. The maximum absolute atomic E-state index is 12.6. The molecule has 2 aliphatic heterocycles. The summed E-state index contributed by atoms with van der Waals surface area (Å²) in [6.45, 7) is 3.29. The lowest BCUT2D eigenvalue weighted by Gasteiger charge is -2.47. The molecule has 0 N–H and O–H groups in total. The Kier molecular flexibility index (Phi) is 5.70. The van der Waals surface area contributed by atoms with Gasteiger partial charge in [0.15, 0.2) is 5.75 Å². The molecule has 1 aromatic rings. The molecule has 0 bridgehead atoms. The van der Waals surface area contributed by atoms with Gasteiger partial charge in [0.25, 0.3) is 5.91 Å². The number of carbonyl (C=O) groups excluding carboxylic acids is 2. The van der Waals surface area contributed by atoms with Crippen LogP contribution in [0.1, 0.15) is 36.3 Å². The first-order valence-corrected chi connectivity index (χ1v) is 8.99. The van der Waals surface area contributed by atoms with Crippen molar-refractivity contribution < 1.29 is 19.1 Å². The molecule has 26 heavy (non-hydrogen) atoms. The zero-order valence-electron chi connectivity index (χ0n) is 15.4. The van der Waals surface area contributed by atoms with Gasteiger partial charge in [0, 0.05) is 39.7 Å². The smallest absolute Gasteiger partial charge is 0.291 e. The van der Waals surface area contributed by atoms with Crippen molar-refractivity contribution in [1.29, 1.82) is 0 Å². The van der Waals surface area contributed by atoms with Crippen LogP contribution in [0.3, 0.4) is 0 Å². The minimum absolute atomic E-state index is 0.110. The molecule has 1 spiro atoms. The molecule has 0 aromatic carbocycles. The molecule has 2 saturated heterocycles. The SMILES string of the molecule is COCCN1CC2(CCC1=O)CCN(C(=O)c1ncc(OC)cn1)CC2. The van der Waals surface area contributed by atoms with Crippen molar-refractivity contribution in [2.45, 2.75) is 25.7 Å². The van der Waals surface area contributed by atoms with Crippen LogP contribution in [0.4, 0.5) is 0 Å². The average molecular weight is 362 g/mol. The summed E-state index contributed by atoms with van der Waals surface area (Å²) >= 11 is 0. The molecule has 142 valence electrons. The highest BCUT2D eigenvalue weighted by Crippen LogP contribution is 2.40. The molecule has 2 amide bonds. The van der Waals surface area contributed by atoms with Crippen molar-refractivity contribution in [2.75, 3.05) is 47.0 Å². The van der Waals surface area contributed by atoms with Gasteiger partial charge in [0.1, 0.15) is 0 Å². The summed E-state index contributed by atoms with van der Waals surface area (Å²) < 4.78 is 10.1. The molecule has 0 atom stereocenters. The Hall–Kier alpha value is -2.22. The summed E-state index contributed by atoms with van der Waals surface area (Å²) in [4.78, 5) is 36.6. The Labute approximate surface area is 153 Å². The lowest BCUT2D eigenvalue weighted by atomic mass is 9.72. The Morgan fingerprint density at radius 3 is 2.50 bits per heavy atom. The van der Waals surface area contributed by atoms with E-state index in [4.69, 9.17) is 9.47 Å². The maximum Gasteiger partial charge on any atom is 0.291 e. The number of ether oxygens (including phenoxy) is 2. The molecule has 3 heterocycles. The first kappa shape index (κ1) is 18.6. The molecule has 0 saturated carbocycles. The van der Waals surface area contributed by atoms with Crippen LogP contribution in [0, 0.1) is 5.41 Å². The van der Waals surface area contributed by atoms with E-state index in [9.17, 15) is 9.59 Å². The van der Waals surface area contributed by atoms with E-state index >= 15 is 0 Å². The summed E-state index contributed by atoms with van der Waals surface area (Å²) in [6.07, 6.45) is 6.28. The lowest BCUT2D eigenvalue weighted by Crippen LogP contribution is -2.53. The van der Waals surface area contributed by atoms with Gasteiger partial charge in [-0.3, -0.25) is 9.59 Å². The number of carbonyl (C=O) groups is 2. The third-order valence-electron chi connectivity index (χ3n) is 5.48. The molecule has 2 aliphatic rings. The van der Waals surface area contributed by atoms with Gasteiger partial charge >= 0.3 is 0 Å². The quantitative estimate of drug-likeness (QED) is 0.776. The summed E-state index contributed by atoms with van der Waals surface area (Å²) in [5.41, 5.74) is 0.110. The van der Waals surface area contributed by atoms with Crippen LogP contribution < -0.4 is 4.74 Å². The van der Waals surface area contributed by atoms with E-state index in [-0.39, 0.29) is 23.1 Å². The van der Waals surface area contributed by atoms with Crippen molar-refractivity contribution in [1.82, 2.24) is 19.8 Å². The maximum atomic E-state index is 12.6. The molecule has 0 aliphatic carbocycles. The van der Waals surface area contributed by atoms with Crippen molar-refractivity contribution in [3.63, 3.8) is 0 Å². The number of rotatable bonds is 5. The fourth-order valence-electron chi connectivity index (χ4n) is 3.77. The monoisotopic (exact) mass is 362 g/mol. The minimum Gasteiger partial charge on any atom is -0.494 e. The first-order chi connectivity index (χ1) is 12.6. The number of methoxy groups -OCH3 is 2. The van der Waals surface area contributed by atoms with Crippen molar-refractivity contribution in [3.05, 3.63) is 18.2 Å². The number of nitrogens with zero attached hydrogens (tertiary/aromatic N) is 4. The predicted molar refractivity (Wildman–Crippen MR) is 93.8 cm³/mol. The standard InChI is InChI=1S/C18H26N4O4/c1-25-10-9-22-13-18(4-3-15(22)23)5-7-21(8-6-18)17(24)16-19-11-14(26-2)12-20-16/h11-12H,3-10,13H2,1-2H3. The highest BCUT2D eigenvalue weighted by Gasteiger charge is 2.41. The average Bonchev–Trinajstić information content (AvgIpc) is 2.69. The second kappa shape index (κ2) is 7.99. The van der Waals surface area contributed by atoms with Gasteiger partial charge in [-0.25, -0.2) is 9.97 Å². The fraction of sp³-hybridized carbons (Fsp3) is 0.667. The van der Waals surface area contributed by atoms with E-state index in [0.717, 1.165) is 25.8 Å². The van der Waals surface area contributed by atoms with Crippen LogP contribution in [-0.4, -0.2) is 78.6 Å². The van der Waals surface area contributed by atoms with Gasteiger partial charge in [-0.2, -0.15) is 0 Å². The van der Waals surface area contributed by atoms with E-state index in [1.165, 1.54) is 19.5 Å². The fourth-order valence-corrected chi connectivity index (χ4v) is 3.77. The van der Waals surface area contributed by atoms with Crippen molar-refractivity contribution in [3.8, 4) is 5.75 Å². The van der Waals surface area contributed by atoms with Crippen LogP contribution in [0.25, 0.3) is 0 Å². The predicted octanol–water partition coefficient (Wildman–Crippen LogP) is 0.976. The zero-order valence-corrected chi connectivity index (χ0v) is 15.4. The van der Waals surface area contributed by atoms with Crippen LogP contribution >= 0.6 is 0 Å². The summed E-state index contributed by atoms with van der Waals surface area (Å²) in [5.74, 6) is 0.785. The first-order valence-electron chi connectivity index (χ1n) is 8.99. The van der Waals surface area contributed by atoms with Gasteiger partial charge in [-0.05, 0) is 24.7 Å². The molecule has 8 heteroatoms. The number of piperidine rings is 2. The number of likely N-dealkylation sites (tertiary alicyclic amines) is 2. The molecule has 8 nitrogen and oxygen atoms in total. The van der Waals surface area contributed by atoms with Crippen molar-refractivity contribution in [2.24, 2.45) is 5.41 Å².